The first-order valence-corrected chi connectivity index (χ1v) is 7.00. The van der Waals surface area contributed by atoms with E-state index in [0.717, 1.165) is 10.1 Å². The molecule has 1 aliphatic heterocycles. The highest BCUT2D eigenvalue weighted by molar-refractivity contribution is 7.16. The van der Waals surface area contributed by atoms with E-state index in [0.29, 0.717) is 10.2 Å². The second-order valence-electron chi connectivity index (χ2n) is 4.78. The van der Waals surface area contributed by atoms with E-state index in [1.165, 1.54) is 17.7 Å². The number of hydrogen-bond acceptors (Lipinski definition) is 7. The number of aliphatic hydroxyl groups excluding tert-OH is 3. The van der Waals surface area contributed by atoms with Gasteiger partial charge in [0.25, 0.3) is 5.56 Å². The number of ether oxygens (including phenoxy) is 1. The van der Waals surface area contributed by atoms with Gasteiger partial charge in [0, 0.05) is 0 Å². The summed E-state index contributed by atoms with van der Waals surface area (Å²) < 4.78 is 6.50. The molecular weight excluding hydrogens is 284 g/mol. The highest BCUT2D eigenvalue weighted by atomic mass is 32.1. The van der Waals surface area contributed by atoms with Gasteiger partial charge in [-0.2, -0.15) is 0 Å². The quantitative estimate of drug-likeness (QED) is 0.682. The van der Waals surface area contributed by atoms with Gasteiger partial charge in [0.1, 0.15) is 29.5 Å². The van der Waals surface area contributed by atoms with E-state index in [1.807, 2.05) is 12.3 Å². The smallest absolute Gasteiger partial charge is 0.264 e. The minimum atomic E-state index is -1.29. The van der Waals surface area contributed by atoms with Crippen LogP contribution >= 0.6 is 11.3 Å². The van der Waals surface area contributed by atoms with E-state index >= 15 is 0 Å². The largest absolute Gasteiger partial charge is 0.394 e. The molecular formula is C12H14N2O5S. The van der Waals surface area contributed by atoms with E-state index in [9.17, 15) is 15.0 Å². The van der Waals surface area contributed by atoms with Crippen LogP contribution in [0.25, 0.3) is 10.2 Å². The molecule has 0 aromatic carbocycles. The van der Waals surface area contributed by atoms with Crippen LogP contribution in [0.4, 0.5) is 0 Å². The minimum absolute atomic E-state index is 0.330. The molecule has 7 nitrogen and oxygen atoms in total. The zero-order valence-electron chi connectivity index (χ0n) is 10.6. The Labute approximate surface area is 117 Å². The van der Waals surface area contributed by atoms with Gasteiger partial charge in [-0.3, -0.25) is 9.36 Å². The molecule has 4 atom stereocenters. The van der Waals surface area contributed by atoms with Crippen LogP contribution in [0.1, 0.15) is 11.8 Å². The summed E-state index contributed by atoms with van der Waals surface area (Å²) in [6.45, 7) is 1.38. The maximum atomic E-state index is 12.4. The van der Waals surface area contributed by atoms with Crippen LogP contribution < -0.4 is 5.56 Å². The second kappa shape index (κ2) is 4.90. The molecule has 4 unspecified atom stereocenters. The van der Waals surface area contributed by atoms with Crippen LogP contribution in [0.15, 0.2) is 16.5 Å². The number of fused-ring (bicyclic) bond motifs is 1. The van der Waals surface area contributed by atoms with Crippen molar-refractivity contribution in [3.05, 3.63) is 27.6 Å². The van der Waals surface area contributed by atoms with E-state index in [1.54, 1.807) is 0 Å². The van der Waals surface area contributed by atoms with Crippen molar-refractivity contribution >= 4 is 21.6 Å². The number of aromatic nitrogens is 2. The number of nitrogens with zero attached hydrogens (tertiary/aromatic N) is 2. The Morgan fingerprint density at radius 1 is 1.45 bits per heavy atom. The van der Waals surface area contributed by atoms with Crippen molar-refractivity contribution < 1.29 is 20.1 Å². The molecule has 3 heterocycles. The Morgan fingerprint density at radius 2 is 2.20 bits per heavy atom. The highest BCUT2D eigenvalue weighted by Crippen LogP contribution is 2.29. The Balaban J connectivity index is 2.09. The number of aliphatic hydroxyl groups is 3. The Morgan fingerprint density at radius 3 is 2.85 bits per heavy atom. The molecule has 0 bridgehead atoms. The van der Waals surface area contributed by atoms with Crippen molar-refractivity contribution in [1.29, 1.82) is 0 Å². The molecule has 8 heteroatoms. The van der Waals surface area contributed by atoms with Crippen LogP contribution in [0.5, 0.6) is 0 Å². The first-order chi connectivity index (χ1) is 9.54. The third kappa shape index (κ3) is 1.88. The number of hydrogen-bond donors (Lipinski definition) is 3. The van der Waals surface area contributed by atoms with Crippen LogP contribution in [0.2, 0.25) is 0 Å². The number of rotatable bonds is 2. The molecule has 108 valence electrons. The first-order valence-electron chi connectivity index (χ1n) is 6.12. The zero-order valence-corrected chi connectivity index (χ0v) is 11.4. The van der Waals surface area contributed by atoms with E-state index in [-0.39, 0.29) is 5.56 Å². The predicted molar refractivity (Wildman–Crippen MR) is 71.6 cm³/mol. The summed E-state index contributed by atoms with van der Waals surface area (Å²) in [7, 11) is 0. The number of thiophene rings is 1. The third-order valence-corrected chi connectivity index (χ3v) is 4.50. The van der Waals surface area contributed by atoms with Gasteiger partial charge >= 0.3 is 0 Å². The van der Waals surface area contributed by atoms with Gasteiger partial charge in [0.05, 0.1) is 12.0 Å². The molecule has 1 saturated heterocycles. The van der Waals surface area contributed by atoms with Crippen LogP contribution in [-0.2, 0) is 4.74 Å². The average molecular weight is 298 g/mol. The third-order valence-electron chi connectivity index (χ3n) is 3.49. The lowest BCUT2D eigenvalue weighted by molar-refractivity contribution is -0.0545. The normalized spacial score (nSPS) is 30.2. The Kier molecular flexibility index (Phi) is 3.35. The van der Waals surface area contributed by atoms with E-state index in [2.05, 4.69) is 4.98 Å². The molecule has 1 aliphatic rings. The summed E-state index contributed by atoms with van der Waals surface area (Å²) in [6.07, 6.45) is -3.20. The summed E-state index contributed by atoms with van der Waals surface area (Å²) in [5, 5.41) is 31.1. The fraction of sp³-hybridized carbons (Fsp3) is 0.500. The fourth-order valence-electron chi connectivity index (χ4n) is 2.37. The summed E-state index contributed by atoms with van der Waals surface area (Å²) in [6, 6.07) is 0. The lowest BCUT2D eigenvalue weighted by Crippen LogP contribution is -2.35. The molecule has 20 heavy (non-hydrogen) atoms. The summed E-state index contributed by atoms with van der Waals surface area (Å²) in [4.78, 5) is 17.2. The van der Waals surface area contributed by atoms with E-state index < -0.39 is 31.1 Å². The minimum Gasteiger partial charge on any atom is -0.394 e. The molecule has 2 aromatic heterocycles. The van der Waals surface area contributed by atoms with Crippen molar-refractivity contribution in [3.63, 3.8) is 0 Å². The van der Waals surface area contributed by atoms with Crippen molar-refractivity contribution in [2.75, 3.05) is 6.61 Å². The van der Waals surface area contributed by atoms with Gasteiger partial charge in [-0.15, -0.1) is 11.3 Å². The van der Waals surface area contributed by atoms with Crippen molar-refractivity contribution in [3.8, 4) is 0 Å². The van der Waals surface area contributed by atoms with Crippen LogP contribution in [-0.4, -0.2) is 49.8 Å². The topological polar surface area (TPSA) is 105 Å². The van der Waals surface area contributed by atoms with Crippen LogP contribution in [0, 0.1) is 6.92 Å². The van der Waals surface area contributed by atoms with Gasteiger partial charge in [-0.1, -0.05) is 0 Å². The monoisotopic (exact) mass is 298 g/mol. The Hall–Kier alpha value is -1.32. The highest BCUT2D eigenvalue weighted by Gasteiger charge is 2.43. The Bertz CT molecular complexity index is 697. The molecule has 1 fully saturated rings. The first kappa shape index (κ1) is 13.7. The molecule has 0 saturated carbocycles. The van der Waals surface area contributed by atoms with E-state index in [4.69, 9.17) is 9.84 Å². The molecule has 0 aliphatic carbocycles. The zero-order chi connectivity index (χ0) is 14.4. The molecule has 3 N–H and O–H groups in total. The molecule has 0 radical (unpaired) electrons. The molecule has 0 spiro atoms. The van der Waals surface area contributed by atoms with Gasteiger partial charge in [-0.05, 0) is 17.9 Å². The predicted octanol–water partition coefficient (Wildman–Crippen LogP) is -0.622. The number of aryl methyl sites for hydroxylation is 1. The second-order valence-corrected chi connectivity index (χ2v) is 5.64. The molecule has 3 rings (SSSR count). The average Bonchev–Trinajstić information content (AvgIpc) is 2.94. The summed E-state index contributed by atoms with van der Waals surface area (Å²) in [5.41, 5.74) is 0.479. The van der Waals surface area contributed by atoms with Gasteiger partial charge in [-0.25, -0.2) is 4.98 Å². The standard InChI is InChI=1S/C12H14N2O5S/c1-5-3-20-10-7(5)11(18)14(4-13-10)12-9(17)8(16)6(2-15)19-12/h3-4,6,8-9,12,15-17H,2H2,1H3. The summed E-state index contributed by atoms with van der Waals surface area (Å²) in [5.74, 6) is 0. The maximum Gasteiger partial charge on any atom is 0.264 e. The molecule has 0 amide bonds. The van der Waals surface area contributed by atoms with Crippen molar-refractivity contribution in [2.24, 2.45) is 0 Å². The maximum absolute atomic E-state index is 12.4. The lowest BCUT2D eigenvalue weighted by Gasteiger charge is -2.17. The molecule has 2 aromatic rings. The van der Waals surface area contributed by atoms with Gasteiger partial charge in [0.2, 0.25) is 0 Å². The SMILES string of the molecule is Cc1csc2ncn(C3OC(CO)C(O)C3O)c(=O)c12. The van der Waals surface area contributed by atoms with Crippen molar-refractivity contribution in [2.45, 2.75) is 31.5 Å². The fourth-order valence-corrected chi connectivity index (χ4v) is 3.25. The summed E-state index contributed by atoms with van der Waals surface area (Å²) >= 11 is 1.37. The van der Waals surface area contributed by atoms with Crippen LogP contribution in [0.3, 0.4) is 0 Å². The lowest BCUT2D eigenvalue weighted by atomic mass is 10.1. The van der Waals surface area contributed by atoms with Gasteiger partial charge < -0.3 is 20.1 Å². The van der Waals surface area contributed by atoms with Crippen molar-refractivity contribution in [1.82, 2.24) is 9.55 Å². The van der Waals surface area contributed by atoms with Gasteiger partial charge in [0.15, 0.2) is 6.23 Å².